The largest absolute Gasteiger partial charge is 0.497 e. The number of sulfonamides is 2. The van der Waals surface area contributed by atoms with Crippen molar-refractivity contribution in [1.29, 1.82) is 0 Å². The number of nitrogens with two attached hydrogens (primary N) is 1. The van der Waals surface area contributed by atoms with Crippen LogP contribution in [0, 0.1) is 6.92 Å². The van der Waals surface area contributed by atoms with Crippen LogP contribution in [0.3, 0.4) is 0 Å². The molecule has 4 heterocycles. The van der Waals surface area contributed by atoms with Gasteiger partial charge in [-0.05, 0) is 48.9 Å². The number of rotatable bonds is 9. The van der Waals surface area contributed by atoms with Crippen LogP contribution in [0.1, 0.15) is 24.9 Å². The number of nitrogens with one attached hydrogen (secondary N) is 2. The van der Waals surface area contributed by atoms with Gasteiger partial charge in [0, 0.05) is 57.4 Å². The molecule has 0 atom stereocenters. The molecule has 24 heteroatoms. The minimum Gasteiger partial charge on any atom is -0.497 e. The van der Waals surface area contributed by atoms with Gasteiger partial charge in [0.2, 0.25) is 20.0 Å². The number of aryl methyl sites for hydroxylation is 1. The third-order valence-corrected chi connectivity index (χ3v) is 14.5. The molecule has 19 nitrogen and oxygen atoms in total. The van der Waals surface area contributed by atoms with E-state index in [-0.39, 0.29) is 19.5 Å². The summed E-state index contributed by atoms with van der Waals surface area (Å²) in [4.78, 5) is 35.9. The number of hydrogen-bond acceptors (Lipinski definition) is 17. The summed E-state index contributed by atoms with van der Waals surface area (Å²) >= 11 is 8.33. The Morgan fingerprint density at radius 1 is 0.741 bits per heavy atom. The molecule has 2 aromatic carbocycles. The molecular formula is C30H38ClN9O10S4. The zero-order chi connectivity index (χ0) is 39.6. The highest BCUT2D eigenvalue weighted by Crippen LogP contribution is 2.28. The number of carbonyl (C=O) groups is 2. The van der Waals surface area contributed by atoms with Crippen LogP contribution in [0.25, 0.3) is 0 Å². The molecule has 0 spiro atoms. The van der Waals surface area contributed by atoms with Crippen LogP contribution in [0.5, 0.6) is 5.75 Å². The molecule has 4 aromatic rings. The minimum absolute atomic E-state index is 0.178. The minimum atomic E-state index is -3.61. The Kier molecular flexibility index (Phi) is 15.1. The van der Waals surface area contributed by atoms with Crippen LogP contribution in [0.4, 0.5) is 10.3 Å². The third kappa shape index (κ3) is 9.99. The summed E-state index contributed by atoms with van der Waals surface area (Å²) in [6.45, 7) is 4.87. The molecule has 0 unspecified atom stereocenters. The van der Waals surface area contributed by atoms with Crippen molar-refractivity contribution in [1.82, 2.24) is 29.5 Å². The number of aromatic nitrogens is 2. The van der Waals surface area contributed by atoms with Crippen LogP contribution >= 0.6 is 34.3 Å². The summed E-state index contributed by atoms with van der Waals surface area (Å²) in [5.74, 6) is 2.86. The van der Waals surface area contributed by atoms with Crippen molar-refractivity contribution in [2.24, 2.45) is 5.90 Å². The summed E-state index contributed by atoms with van der Waals surface area (Å²) in [5, 5.41) is 25.5. The maximum absolute atomic E-state index is 12.8. The Labute approximate surface area is 324 Å². The number of halogens is 1. The lowest BCUT2D eigenvalue weighted by atomic mass is 10.2. The standard InChI is InChI=1S/C15H17ClN4O4S2.C15H18N4O5S2.H3NO/c1-10-2-3-11(8-12(10)16)26(23,24)20-6-4-19(5-7-20)15-17-9-13(25-15)14(21)18-22;1-24-11-2-4-12(5-3-11)26(22,23)19-8-6-18(7-9-19)15-16-10-13(25-15)14(20)17-21;1-2/h2-3,8-9,22H,4-7H2,1H3,(H,18,21);2-5,10,21H,6-9H2,1H3,(H,17,20);2H,1H2. The number of nitrogens with zero attached hydrogens (tertiary/aromatic N) is 6. The fourth-order valence-electron chi connectivity index (χ4n) is 5.16. The maximum atomic E-state index is 12.8. The van der Waals surface area contributed by atoms with Crippen molar-refractivity contribution in [3.63, 3.8) is 0 Å². The molecule has 7 N–H and O–H groups in total. The first-order chi connectivity index (χ1) is 25.8. The molecule has 0 bridgehead atoms. The number of carbonyl (C=O) groups excluding carboxylic acids is 2. The maximum Gasteiger partial charge on any atom is 0.286 e. The lowest BCUT2D eigenvalue weighted by Gasteiger charge is -2.33. The molecule has 2 fully saturated rings. The quantitative estimate of drug-likeness (QED) is 0.104. The van der Waals surface area contributed by atoms with Gasteiger partial charge in [0.25, 0.3) is 11.8 Å². The third-order valence-electron chi connectivity index (χ3n) is 8.13. The molecule has 0 saturated carbocycles. The van der Waals surface area contributed by atoms with Crippen molar-refractivity contribution in [3.8, 4) is 5.75 Å². The summed E-state index contributed by atoms with van der Waals surface area (Å²) in [7, 11) is -5.65. The second kappa shape index (κ2) is 19.0. The highest BCUT2D eigenvalue weighted by Gasteiger charge is 2.31. The lowest BCUT2D eigenvalue weighted by molar-refractivity contribution is 0.0706. The normalized spacial score (nSPS) is 15.3. The number of hydrogen-bond donors (Lipinski definition) is 6. The Bertz CT molecular complexity index is 2100. The van der Waals surface area contributed by atoms with Gasteiger partial charge in [0.15, 0.2) is 10.3 Å². The van der Waals surface area contributed by atoms with Crippen LogP contribution < -0.4 is 31.4 Å². The first-order valence-electron chi connectivity index (χ1n) is 15.7. The van der Waals surface area contributed by atoms with E-state index in [0.717, 1.165) is 28.2 Å². The molecule has 2 aliphatic rings. The molecule has 2 aromatic heterocycles. The van der Waals surface area contributed by atoms with Gasteiger partial charge in [-0.3, -0.25) is 20.0 Å². The number of hydroxylamine groups is 2. The highest BCUT2D eigenvalue weighted by atomic mass is 35.5. The van der Waals surface area contributed by atoms with E-state index in [4.69, 9.17) is 32.0 Å². The second-order valence-corrected chi connectivity index (χ2v) is 17.6. The predicted octanol–water partition coefficient (Wildman–Crippen LogP) is 1.85. The van der Waals surface area contributed by atoms with Crippen LogP contribution in [0.15, 0.2) is 64.6 Å². The zero-order valence-corrected chi connectivity index (χ0v) is 32.8. The van der Waals surface area contributed by atoms with Crippen molar-refractivity contribution in [2.45, 2.75) is 16.7 Å². The summed E-state index contributed by atoms with van der Waals surface area (Å²) in [5.41, 5.74) is 3.95. The number of anilines is 2. The van der Waals surface area contributed by atoms with Gasteiger partial charge in [-0.15, -0.1) is 0 Å². The van der Waals surface area contributed by atoms with Crippen molar-refractivity contribution < 1.29 is 46.8 Å². The van der Waals surface area contributed by atoms with Crippen molar-refractivity contribution >= 4 is 76.4 Å². The number of piperazine rings is 2. The van der Waals surface area contributed by atoms with Gasteiger partial charge in [0.1, 0.15) is 15.5 Å². The molecule has 294 valence electrons. The van der Waals surface area contributed by atoms with Gasteiger partial charge in [0.05, 0.1) is 29.3 Å². The van der Waals surface area contributed by atoms with Gasteiger partial charge >= 0.3 is 0 Å². The van der Waals surface area contributed by atoms with Gasteiger partial charge < -0.3 is 19.7 Å². The topological polar surface area (TPSA) is 261 Å². The van der Waals surface area contributed by atoms with E-state index >= 15 is 0 Å². The summed E-state index contributed by atoms with van der Waals surface area (Å²) in [6, 6.07) is 11.0. The fraction of sp³-hybridized carbons (Fsp3) is 0.333. The number of thiazole rings is 2. The van der Waals surface area contributed by atoms with Crippen LogP contribution in [0.2, 0.25) is 5.02 Å². The van der Waals surface area contributed by atoms with E-state index in [9.17, 15) is 26.4 Å². The van der Waals surface area contributed by atoms with E-state index in [1.807, 2.05) is 16.7 Å². The average Bonchev–Trinajstić information content (AvgIpc) is 3.91. The molecule has 2 amide bonds. The molecule has 2 aliphatic heterocycles. The first-order valence-corrected chi connectivity index (χ1v) is 20.6. The number of amides is 2. The van der Waals surface area contributed by atoms with Crippen molar-refractivity contribution in [3.05, 3.63) is 75.2 Å². The molecule has 6 rings (SSSR count). The van der Waals surface area contributed by atoms with Gasteiger partial charge in [-0.2, -0.15) is 8.61 Å². The molecular weight excluding hydrogens is 810 g/mol. The second-order valence-electron chi connectivity index (χ2n) is 11.3. The smallest absolute Gasteiger partial charge is 0.286 e. The predicted molar refractivity (Wildman–Crippen MR) is 200 cm³/mol. The Morgan fingerprint density at radius 3 is 1.54 bits per heavy atom. The number of methoxy groups -OCH3 is 1. The summed E-state index contributed by atoms with van der Waals surface area (Å²) < 4.78 is 58.9. The van der Waals surface area contributed by atoms with Gasteiger partial charge in [-0.1, -0.05) is 40.3 Å². The number of benzene rings is 2. The molecule has 2 saturated heterocycles. The lowest BCUT2D eigenvalue weighted by Crippen LogP contribution is -2.48. The van der Waals surface area contributed by atoms with E-state index in [1.54, 1.807) is 35.2 Å². The first kappa shape index (κ1) is 42.7. The highest BCUT2D eigenvalue weighted by molar-refractivity contribution is 7.89. The Balaban J connectivity index is 0.000000230. The zero-order valence-electron chi connectivity index (χ0n) is 28.8. The Hall–Kier alpha value is -4.01. The fourth-order valence-corrected chi connectivity index (χ4v) is 9.99. The van der Waals surface area contributed by atoms with Crippen molar-refractivity contribution in [2.75, 3.05) is 69.3 Å². The van der Waals surface area contributed by atoms with Gasteiger partial charge in [-0.25, -0.2) is 43.7 Å². The number of ether oxygens (including phenoxy) is 1. The Morgan fingerprint density at radius 2 is 1.15 bits per heavy atom. The van der Waals surface area contributed by atoms with E-state index in [0.29, 0.717) is 73.4 Å². The van der Waals surface area contributed by atoms with Crippen LogP contribution in [-0.4, -0.2) is 122 Å². The SMILES string of the molecule is COc1ccc(S(=O)(=O)N2CCN(c3ncc(C(=O)NO)s3)CC2)cc1.Cc1ccc(S(=O)(=O)N2CCN(c3ncc(C(=O)NO)s3)CC2)cc1Cl.NO. The molecule has 54 heavy (non-hydrogen) atoms. The van der Waals surface area contributed by atoms with E-state index in [2.05, 4.69) is 15.9 Å². The van der Waals surface area contributed by atoms with E-state index in [1.165, 1.54) is 46.3 Å². The van der Waals surface area contributed by atoms with E-state index < -0.39 is 31.9 Å². The molecule has 0 radical (unpaired) electrons. The average molecular weight is 848 g/mol. The van der Waals surface area contributed by atoms with Crippen LogP contribution in [-0.2, 0) is 20.0 Å². The summed E-state index contributed by atoms with van der Waals surface area (Å²) in [6.07, 6.45) is 2.76. The molecule has 0 aliphatic carbocycles. The monoisotopic (exact) mass is 847 g/mol.